The highest BCUT2D eigenvalue weighted by atomic mass is 32.2. The molecule has 5 nitrogen and oxygen atoms in total. The molecule has 7 heteroatoms. The SMILES string of the molecule is Cc1cc(C)cc(NC(=O)CSc2nc3sc4c(c3c(=O)n2C)CCC4)c1. The van der Waals surface area contributed by atoms with Crippen molar-refractivity contribution < 1.29 is 4.79 Å². The highest BCUT2D eigenvalue weighted by Crippen LogP contribution is 2.35. The van der Waals surface area contributed by atoms with E-state index in [-0.39, 0.29) is 17.2 Å². The van der Waals surface area contributed by atoms with E-state index in [1.54, 1.807) is 23.0 Å². The number of thioether (sulfide) groups is 1. The van der Waals surface area contributed by atoms with Gasteiger partial charge in [0.05, 0.1) is 11.1 Å². The maximum Gasteiger partial charge on any atom is 0.262 e. The van der Waals surface area contributed by atoms with Gasteiger partial charge in [0, 0.05) is 17.6 Å². The minimum Gasteiger partial charge on any atom is -0.325 e. The average Bonchev–Trinajstić information content (AvgIpc) is 3.16. The van der Waals surface area contributed by atoms with E-state index in [0.717, 1.165) is 46.3 Å². The van der Waals surface area contributed by atoms with Crippen molar-refractivity contribution in [2.24, 2.45) is 7.05 Å². The largest absolute Gasteiger partial charge is 0.325 e. The topological polar surface area (TPSA) is 64.0 Å². The molecule has 2 aromatic heterocycles. The van der Waals surface area contributed by atoms with E-state index in [1.165, 1.54) is 22.2 Å². The Hall–Kier alpha value is -2.12. The third kappa shape index (κ3) is 3.53. The highest BCUT2D eigenvalue weighted by molar-refractivity contribution is 7.99. The van der Waals surface area contributed by atoms with E-state index in [1.807, 2.05) is 26.0 Å². The van der Waals surface area contributed by atoms with Gasteiger partial charge in [-0.3, -0.25) is 14.2 Å². The summed E-state index contributed by atoms with van der Waals surface area (Å²) in [4.78, 5) is 31.9. The van der Waals surface area contributed by atoms with E-state index in [9.17, 15) is 9.59 Å². The predicted molar refractivity (Wildman–Crippen MR) is 112 cm³/mol. The number of hydrogen-bond acceptors (Lipinski definition) is 5. The first-order valence-electron chi connectivity index (χ1n) is 8.94. The summed E-state index contributed by atoms with van der Waals surface area (Å²) in [6.07, 6.45) is 3.13. The van der Waals surface area contributed by atoms with Gasteiger partial charge >= 0.3 is 0 Å². The molecule has 0 saturated heterocycles. The van der Waals surface area contributed by atoms with Gasteiger partial charge in [0.1, 0.15) is 4.83 Å². The summed E-state index contributed by atoms with van der Waals surface area (Å²) < 4.78 is 1.57. The Morgan fingerprint density at radius 1 is 1.26 bits per heavy atom. The van der Waals surface area contributed by atoms with E-state index in [4.69, 9.17) is 0 Å². The molecule has 3 aromatic rings. The summed E-state index contributed by atoms with van der Waals surface area (Å²) in [5.74, 6) is 0.108. The van der Waals surface area contributed by atoms with E-state index in [2.05, 4.69) is 16.4 Å². The molecule has 1 amide bonds. The number of hydrogen-bond donors (Lipinski definition) is 1. The van der Waals surface area contributed by atoms with Crippen LogP contribution in [0, 0.1) is 13.8 Å². The second-order valence-electron chi connectivity index (χ2n) is 7.01. The van der Waals surface area contributed by atoms with Gasteiger partial charge in [-0.1, -0.05) is 17.8 Å². The minimum atomic E-state index is -0.104. The standard InChI is InChI=1S/C20H21N3O2S2/c1-11-7-12(2)9-13(8-11)21-16(24)10-26-20-22-18-17(19(25)23(20)3)14-5-4-6-15(14)27-18/h7-9H,4-6,10H2,1-3H3,(H,21,24). The smallest absolute Gasteiger partial charge is 0.262 e. The predicted octanol–water partition coefficient (Wildman–Crippen LogP) is 3.83. The number of benzene rings is 1. The molecule has 0 aliphatic heterocycles. The first-order valence-corrected chi connectivity index (χ1v) is 10.7. The van der Waals surface area contributed by atoms with Crippen LogP contribution in [-0.4, -0.2) is 21.2 Å². The molecule has 1 aliphatic carbocycles. The maximum atomic E-state index is 12.8. The molecular formula is C20H21N3O2S2. The Bertz CT molecular complexity index is 1090. The number of anilines is 1. The van der Waals surface area contributed by atoms with E-state index < -0.39 is 0 Å². The summed E-state index contributed by atoms with van der Waals surface area (Å²) in [5, 5.41) is 4.29. The van der Waals surface area contributed by atoms with Gasteiger partial charge in [0.25, 0.3) is 5.56 Å². The molecule has 140 valence electrons. The molecule has 1 N–H and O–H groups in total. The molecule has 0 spiro atoms. The number of nitrogens with zero attached hydrogens (tertiary/aromatic N) is 2. The fourth-order valence-electron chi connectivity index (χ4n) is 3.61. The van der Waals surface area contributed by atoms with Crippen molar-refractivity contribution in [3.63, 3.8) is 0 Å². The second-order valence-corrected chi connectivity index (χ2v) is 9.04. The van der Waals surface area contributed by atoms with Crippen LogP contribution in [0.15, 0.2) is 28.2 Å². The molecule has 0 unspecified atom stereocenters. The molecule has 0 fully saturated rings. The monoisotopic (exact) mass is 399 g/mol. The van der Waals surface area contributed by atoms with Crippen molar-refractivity contribution in [1.29, 1.82) is 0 Å². The number of carbonyl (C=O) groups is 1. The maximum absolute atomic E-state index is 12.8. The summed E-state index contributed by atoms with van der Waals surface area (Å²) >= 11 is 2.92. The van der Waals surface area contributed by atoms with Crippen LogP contribution in [0.1, 0.15) is 28.0 Å². The Balaban J connectivity index is 1.53. The molecule has 0 atom stereocenters. The molecule has 0 bridgehead atoms. The van der Waals surface area contributed by atoms with Crippen LogP contribution in [0.4, 0.5) is 5.69 Å². The van der Waals surface area contributed by atoms with Gasteiger partial charge in [0.15, 0.2) is 5.16 Å². The fraction of sp³-hybridized carbons (Fsp3) is 0.350. The molecule has 0 radical (unpaired) electrons. The van der Waals surface area contributed by atoms with Crippen LogP contribution in [0.5, 0.6) is 0 Å². The fourth-order valence-corrected chi connectivity index (χ4v) is 5.68. The van der Waals surface area contributed by atoms with Gasteiger partial charge in [0.2, 0.25) is 5.91 Å². The van der Waals surface area contributed by atoms with Crippen molar-refractivity contribution >= 4 is 44.9 Å². The van der Waals surface area contributed by atoms with Crippen molar-refractivity contribution in [3.05, 3.63) is 50.1 Å². The van der Waals surface area contributed by atoms with Crippen LogP contribution in [0.25, 0.3) is 10.2 Å². The minimum absolute atomic E-state index is 0.00313. The lowest BCUT2D eigenvalue weighted by atomic mass is 10.1. The molecule has 2 heterocycles. The average molecular weight is 400 g/mol. The second kappa shape index (κ2) is 7.13. The number of carbonyl (C=O) groups excluding carboxylic acids is 1. The third-order valence-corrected chi connectivity index (χ3v) is 6.96. The summed E-state index contributed by atoms with van der Waals surface area (Å²) in [6, 6.07) is 5.96. The zero-order valence-corrected chi connectivity index (χ0v) is 17.2. The van der Waals surface area contributed by atoms with Crippen LogP contribution >= 0.6 is 23.1 Å². The Kier molecular flexibility index (Phi) is 4.82. The van der Waals surface area contributed by atoms with Crippen molar-refractivity contribution in [2.45, 2.75) is 38.3 Å². The van der Waals surface area contributed by atoms with Crippen LogP contribution in [-0.2, 0) is 24.7 Å². The van der Waals surface area contributed by atoms with Gasteiger partial charge in [-0.2, -0.15) is 0 Å². The Morgan fingerprint density at radius 3 is 2.74 bits per heavy atom. The highest BCUT2D eigenvalue weighted by Gasteiger charge is 2.22. The number of aromatic nitrogens is 2. The lowest BCUT2D eigenvalue weighted by Crippen LogP contribution is -2.21. The summed E-state index contributed by atoms with van der Waals surface area (Å²) in [5.41, 5.74) is 4.20. The van der Waals surface area contributed by atoms with Crippen molar-refractivity contribution in [2.75, 3.05) is 11.1 Å². The lowest BCUT2D eigenvalue weighted by Gasteiger charge is -2.09. The quantitative estimate of drug-likeness (QED) is 0.535. The number of amides is 1. The number of aryl methyl sites for hydroxylation is 4. The van der Waals surface area contributed by atoms with Crippen LogP contribution < -0.4 is 10.9 Å². The Labute approximate surface area is 165 Å². The van der Waals surface area contributed by atoms with Crippen molar-refractivity contribution in [1.82, 2.24) is 9.55 Å². The summed E-state index contributed by atoms with van der Waals surface area (Å²) in [6.45, 7) is 4.01. The van der Waals surface area contributed by atoms with Gasteiger partial charge in [-0.25, -0.2) is 4.98 Å². The molecule has 1 aromatic carbocycles. The molecular weight excluding hydrogens is 378 g/mol. The molecule has 27 heavy (non-hydrogen) atoms. The number of nitrogens with one attached hydrogen (secondary N) is 1. The normalized spacial score (nSPS) is 13.1. The number of rotatable bonds is 4. The molecule has 1 aliphatic rings. The summed E-state index contributed by atoms with van der Waals surface area (Å²) in [7, 11) is 1.73. The zero-order valence-electron chi connectivity index (χ0n) is 15.6. The molecule has 4 rings (SSSR count). The third-order valence-electron chi connectivity index (χ3n) is 4.74. The van der Waals surface area contributed by atoms with Gasteiger partial charge < -0.3 is 5.32 Å². The number of fused-ring (bicyclic) bond motifs is 3. The van der Waals surface area contributed by atoms with Crippen molar-refractivity contribution in [3.8, 4) is 0 Å². The lowest BCUT2D eigenvalue weighted by molar-refractivity contribution is -0.113. The van der Waals surface area contributed by atoms with Gasteiger partial charge in [-0.05, 0) is 61.9 Å². The Morgan fingerprint density at radius 2 is 2.00 bits per heavy atom. The first kappa shape index (κ1) is 18.3. The van der Waals surface area contributed by atoms with Crippen LogP contribution in [0.2, 0.25) is 0 Å². The van der Waals surface area contributed by atoms with E-state index in [0.29, 0.717) is 5.16 Å². The first-order chi connectivity index (χ1) is 12.9. The molecule has 0 saturated carbocycles. The zero-order chi connectivity index (χ0) is 19.1. The van der Waals surface area contributed by atoms with Crippen LogP contribution in [0.3, 0.4) is 0 Å². The number of thiophene rings is 1. The van der Waals surface area contributed by atoms with Gasteiger partial charge in [-0.15, -0.1) is 11.3 Å². The van der Waals surface area contributed by atoms with E-state index >= 15 is 0 Å².